The van der Waals surface area contributed by atoms with E-state index >= 15 is 0 Å². The number of aromatic amines is 1. The third kappa shape index (κ3) is 3.43. The van der Waals surface area contributed by atoms with E-state index in [1.807, 2.05) is 0 Å². The van der Waals surface area contributed by atoms with Crippen molar-refractivity contribution in [1.82, 2.24) is 15.3 Å². The van der Waals surface area contributed by atoms with Crippen molar-refractivity contribution in [2.75, 3.05) is 6.54 Å². The molecule has 1 aliphatic rings. The van der Waals surface area contributed by atoms with E-state index in [1.54, 1.807) is 22.7 Å². The van der Waals surface area contributed by atoms with Crippen LogP contribution in [0.5, 0.6) is 0 Å². The molecule has 0 aromatic carbocycles. The van der Waals surface area contributed by atoms with Crippen molar-refractivity contribution in [2.45, 2.75) is 45.6 Å². The minimum atomic E-state index is 0.0268. The molecule has 2 atom stereocenters. The van der Waals surface area contributed by atoms with Gasteiger partial charge < -0.3 is 10.3 Å². The predicted octanol–water partition coefficient (Wildman–Crippen LogP) is 4.06. The molecule has 4 nitrogen and oxygen atoms in total. The van der Waals surface area contributed by atoms with Gasteiger partial charge in [-0.3, -0.25) is 4.79 Å². The minimum Gasteiger partial charge on any atom is -0.309 e. The number of H-pyrrole nitrogens is 1. The van der Waals surface area contributed by atoms with Crippen molar-refractivity contribution in [2.24, 2.45) is 5.92 Å². The van der Waals surface area contributed by atoms with Gasteiger partial charge >= 0.3 is 0 Å². The molecule has 25 heavy (non-hydrogen) atoms. The summed E-state index contributed by atoms with van der Waals surface area (Å²) in [6.07, 6.45) is 4.26. The van der Waals surface area contributed by atoms with Gasteiger partial charge in [-0.1, -0.05) is 13.0 Å². The van der Waals surface area contributed by atoms with E-state index < -0.39 is 0 Å². The summed E-state index contributed by atoms with van der Waals surface area (Å²) < 4.78 is 0. The molecular formula is C19H23N3OS2. The standard InChI is InChI=1S/C19H23N3OS2/c1-11-5-6-14-15(10-11)25-19-16(14)18(23)21-17(22-19)12(2)20-8-7-13-4-3-9-24-13/h3-4,9,11-12,20H,5-8,10H2,1-2H3,(H,21,22,23)/t11-,12+/m0/s1. The molecule has 132 valence electrons. The lowest BCUT2D eigenvalue weighted by atomic mass is 9.89. The molecule has 6 heteroatoms. The molecule has 1 aliphatic carbocycles. The Labute approximate surface area is 155 Å². The van der Waals surface area contributed by atoms with E-state index in [1.165, 1.54) is 21.7 Å². The largest absolute Gasteiger partial charge is 0.309 e. The van der Waals surface area contributed by atoms with Crippen LogP contribution in [-0.4, -0.2) is 16.5 Å². The van der Waals surface area contributed by atoms with Crippen LogP contribution in [0, 0.1) is 5.92 Å². The quantitative estimate of drug-likeness (QED) is 0.709. The zero-order valence-electron chi connectivity index (χ0n) is 14.6. The molecule has 3 heterocycles. The highest BCUT2D eigenvalue weighted by Gasteiger charge is 2.23. The summed E-state index contributed by atoms with van der Waals surface area (Å²) >= 11 is 3.49. The SMILES string of the molecule is C[C@H]1CCc2c(sc3nc([C@@H](C)NCCc4cccs4)[nH]c(=O)c23)C1. The van der Waals surface area contributed by atoms with Gasteiger partial charge in [0.15, 0.2) is 0 Å². The maximum Gasteiger partial charge on any atom is 0.259 e. The van der Waals surface area contributed by atoms with E-state index in [9.17, 15) is 4.79 Å². The lowest BCUT2D eigenvalue weighted by Gasteiger charge is -2.17. The van der Waals surface area contributed by atoms with Gasteiger partial charge in [0.2, 0.25) is 0 Å². The Kier molecular flexibility index (Phi) is 4.75. The lowest BCUT2D eigenvalue weighted by Crippen LogP contribution is -2.25. The van der Waals surface area contributed by atoms with Crippen LogP contribution >= 0.6 is 22.7 Å². The fraction of sp³-hybridized carbons (Fsp3) is 0.474. The molecule has 0 unspecified atom stereocenters. The number of hydrogen-bond acceptors (Lipinski definition) is 5. The number of nitrogens with one attached hydrogen (secondary N) is 2. The van der Waals surface area contributed by atoms with E-state index in [-0.39, 0.29) is 11.6 Å². The zero-order chi connectivity index (χ0) is 17.4. The molecule has 0 amide bonds. The molecule has 0 spiro atoms. The van der Waals surface area contributed by atoms with Gasteiger partial charge in [-0.25, -0.2) is 4.98 Å². The zero-order valence-corrected chi connectivity index (χ0v) is 16.2. The molecule has 2 N–H and O–H groups in total. The summed E-state index contributed by atoms with van der Waals surface area (Å²) in [4.78, 5) is 24.1. The van der Waals surface area contributed by atoms with Crippen molar-refractivity contribution in [1.29, 1.82) is 0 Å². The van der Waals surface area contributed by atoms with Crippen LogP contribution in [0.4, 0.5) is 0 Å². The summed E-state index contributed by atoms with van der Waals surface area (Å²) in [7, 11) is 0. The molecule has 4 rings (SSSR count). The molecular weight excluding hydrogens is 350 g/mol. The average Bonchev–Trinajstić information content (AvgIpc) is 3.21. The minimum absolute atomic E-state index is 0.0268. The first-order valence-electron chi connectivity index (χ1n) is 8.92. The fourth-order valence-corrected chi connectivity index (χ4v) is 5.63. The van der Waals surface area contributed by atoms with Crippen LogP contribution in [0.25, 0.3) is 10.2 Å². The lowest BCUT2D eigenvalue weighted by molar-refractivity contribution is 0.509. The third-order valence-electron chi connectivity index (χ3n) is 5.00. The predicted molar refractivity (Wildman–Crippen MR) is 106 cm³/mol. The normalized spacial score (nSPS) is 18.4. The van der Waals surface area contributed by atoms with Gasteiger partial charge in [0.05, 0.1) is 11.4 Å². The molecule has 0 aliphatic heterocycles. The van der Waals surface area contributed by atoms with Crippen molar-refractivity contribution >= 4 is 32.9 Å². The summed E-state index contributed by atoms with van der Waals surface area (Å²) in [5.74, 6) is 1.45. The Balaban J connectivity index is 1.55. The second-order valence-electron chi connectivity index (χ2n) is 6.99. The van der Waals surface area contributed by atoms with E-state index in [2.05, 4.69) is 41.7 Å². The molecule has 0 radical (unpaired) electrons. The van der Waals surface area contributed by atoms with Crippen molar-refractivity contribution in [3.63, 3.8) is 0 Å². The van der Waals surface area contributed by atoms with Crippen LogP contribution in [0.2, 0.25) is 0 Å². The second kappa shape index (κ2) is 7.02. The average molecular weight is 374 g/mol. The van der Waals surface area contributed by atoms with Gasteiger partial charge in [0.25, 0.3) is 5.56 Å². The van der Waals surface area contributed by atoms with Crippen molar-refractivity contribution in [3.8, 4) is 0 Å². The van der Waals surface area contributed by atoms with Crippen LogP contribution in [0.15, 0.2) is 22.3 Å². The van der Waals surface area contributed by atoms with E-state index in [0.717, 1.165) is 41.8 Å². The Morgan fingerprint density at radius 3 is 3.16 bits per heavy atom. The molecule has 3 aromatic rings. The van der Waals surface area contributed by atoms with Gasteiger partial charge in [-0.2, -0.15) is 0 Å². The number of fused-ring (bicyclic) bond motifs is 3. The van der Waals surface area contributed by atoms with Crippen molar-refractivity contribution in [3.05, 3.63) is 49.0 Å². The first kappa shape index (κ1) is 16.9. The van der Waals surface area contributed by atoms with Crippen LogP contribution < -0.4 is 10.9 Å². The number of aryl methyl sites for hydroxylation is 1. The van der Waals surface area contributed by atoms with Gasteiger partial charge in [0, 0.05) is 16.3 Å². The third-order valence-corrected chi connectivity index (χ3v) is 7.08. The Hall–Kier alpha value is -1.50. The highest BCUT2D eigenvalue weighted by molar-refractivity contribution is 7.18. The summed E-state index contributed by atoms with van der Waals surface area (Å²) in [5.41, 5.74) is 1.27. The molecule has 3 aromatic heterocycles. The van der Waals surface area contributed by atoms with Crippen LogP contribution in [0.3, 0.4) is 0 Å². The monoisotopic (exact) mass is 373 g/mol. The summed E-state index contributed by atoms with van der Waals surface area (Å²) in [5, 5.41) is 6.41. The number of aromatic nitrogens is 2. The van der Waals surface area contributed by atoms with Crippen LogP contribution in [-0.2, 0) is 19.3 Å². The number of thiophene rings is 2. The number of hydrogen-bond donors (Lipinski definition) is 2. The van der Waals surface area contributed by atoms with E-state index in [0.29, 0.717) is 5.92 Å². The van der Waals surface area contributed by atoms with Crippen molar-refractivity contribution < 1.29 is 0 Å². The van der Waals surface area contributed by atoms with Gasteiger partial charge in [-0.05, 0) is 55.5 Å². The first-order valence-corrected chi connectivity index (χ1v) is 10.6. The fourth-order valence-electron chi connectivity index (χ4n) is 3.53. The first-order chi connectivity index (χ1) is 12.1. The topological polar surface area (TPSA) is 57.8 Å². The van der Waals surface area contributed by atoms with E-state index in [4.69, 9.17) is 4.98 Å². The Morgan fingerprint density at radius 2 is 2.36 bits per heavy atom. The molecule has 0 bridgehead atoms. The highest BCUT2D eigenvalue weighted by Crippen LogP contribution is 2.35. The Morgan fingerprint density at radius 1 is 1.48 bits per heavy atom. The highest BCUT2D eigenvalue weighted by atomic mass is 32.1. The smallest absolute Gasteiger partial charge is 0.259 e. The van der Waals surface area contributed by atoms with Gasteiger partial charge in [0.1, 0.15) is 10.7 Å². The second-order valence-corrected chi connectivity index (χ2v) is 9.10. The molecule has 0 saturated heterocycles. The maximum atomic E-state index is 12.7. The maximum absolute atomic E-state index is 12.7. The molecule has 0 fully saturated rings. The number of nitrogens with zero attached hydrogens (tertiary/aromatic N) is 1. The summed E-state index contributed by atoms with van der Waals surface area (Å²) in [6, 6.07) is 4.27. The van der Waals surface area contributed by atoms with Crippen LogP contribution in [0.1, 0.15) is 47.5 Å². The Bertz CT molecular complexity index is 926. The summed E-state index contributed by atoms with van der Waals surface area (Å²) in [6.45, 7) is 5.23. The molecule has 0 saturated carbocycles. The van der Waals surface area contributed by atoms with Gasteiger partial charge in [-0.15, -0.1) is 22.7 Å². The number of rotatable bonds is 5.